The maximum Gasteiger partial charge on any atom is 0.0506 e. The molecule has 0 heterocycles. The van der Waals surface area contributed by atoms with E-state index in [9.17, 15) is 0 Å². The highest BCUT2D eigenvalue weighted by atomic mass is 16.5. The molecule has 0 saturated carbocycles. The van der Waals surface area contributed by atoms with Crippen molar-refractivity contribution in [2.45, 2.75) is 65.2 Å². The molecule has 0 aromatic heterocycles. The number of hydrogen-bond donors (Lipinski definition) is 0. The Hall–Kier alpha value is -1.60. The van der Waals surface area contributed by atoms with Crippen molar-refractivity contribution in [2.75, 3.05) is 13.2 Å². The summed E-state index contributed by atoms with van der Waals surface area (Å²) in [6, 6.07) is 17.8. The molecule has 0 spiro atoms. The standard InChI is InChI=1S/C24H34O/c1-23(2,3)21-11-7-9-19(17-21)13-15-25-16-14-20-10-8-12-22(18-20)24(4,5)6/h7-12,17-18H,13-16H2,1-6H3. The van der Waals surface area contributed by atoms with E-state index in [4.69, 9.17) is 4.74 Å². The summed E-state index contributed by atoms with van der Waals surface area (Å²) in [5.41, 5.74) is 5.92. The number of rotatable bonds is 6. The summed E-state index contributed by atoms with van der Waals surface area (Å²) in [6.45, 7) is 15.1. The van der Waals surface area contributed by atoms with Gasteiger partial charge in [-0.15, -0.1) is 0 Å². The smallest absolute Gasteiger partial charge is 0.0506 e. The van der Waals surface area contributed by atoms with Crippen LogP contribution in [-0.4, -0.2) is 13.2 Å². The summed E-state index contributed by atoms with van der Waals surface area (Å²) >= 11 is 0. The first-order valence-corrected chi connectivity index (χ1v) is 9.43. The normalized spacial score (nSPS) is 12.4. The van der Waals surface area contributed by atoms with Crippen LogP contribution in [0.5, 0.6) is 0 Å². The fourth-order valence-corrected chi connectivity index (χ4v) is 2.87. The third kappa shape index (κ3) is 6.32. The summed E-state index contributed by atoms with van der Waals surface area (Å²) < 4.78 is 5.89. The second kappa shape index (κ2) is 8.19. The lowest BCUT2D eigenvalue weighted by atomic mass is 9.86. The third-order valence-electron chi connectivity index (χ3n) is 4.66. The van der Waals surface area contributed by atoms with Gasteiger partial charge in [0.1, 0.15) is 0 Å². The highest BCUT2D eigenvalue weighted by molar-refractivity contribution is 5.29. The monoisotopic (exact) mass is 338 g/mol. The van der Waals surface area contributed by atoms with Crippen LogP contribution in [0, 0.1) is 0 Å². The van der Waals surface area contributed by atoms with Crippen LogP contribution < -0.4 is 0 Å². The fourth-order valence-electron chi connectivity index (χ4n) is 2.87. The summed E-state index contributed by atoms with van der Waals surface area (Å²) in [5, 5.41) is 0. The van der Waals surface area contributed by atoms with E-state index in [1.54, 1.807) is 0 Å². The lowest BCUT2D eigenvalue weighted by molar-refractivity contribution is 0.140. The Balaban J connectivity index is 1.79. The van der Waals surface area contributed by atoms with Crippen molar-refractivity contribution in [1.29, 1.82) is 0 Å². The largest absolute Gasteiger partial charge is 0.381 e. The SMILES string of the molecule is CC(C)(C)c1cccc(CCOCCc2cccc(C(C)(C)C)c2)c1. The van der Waals surface area contributed by atoms with E-state index < -0.39 is 0 Å². The van der Waals surface area contributed by atoms with E-state index in [-0.39, 0.29) is 10.8 Å². The van der Waals surface area contributed by atoms with Gasteiger partial charge >= 0.3 is 0 Å². The molecule has 0 N–H and O–H groups in total. The first kappa shape index (κ1) is 19.7. The molecule has 0 aliphatic rings. The molecular formula is C24H34O. The molecule has 2 aromatic carbocycles. The Morgan fingerprint density at radius 3 is 1.40 bits per heavy atom. The van der Waals surface area contributed by atoms with Gasteiger partial charge in [-0.2, -0.15) is 0 Å². The molecule has 0 atom stereocenters. The molecule has 1 heteroatoms. The minimum absolute atomic E-state index is 0.203. The molecular weight excluding hydrogens is 304 g/mol. The van der Waals surface area contributed by atoms with E-state index in [2.05, 4.69) is 90.1 Å². The molecule has 0 fully saturated rings. The molecule has 25 heavy (non-hydrogen) atoms. The Bertz CT molecular complexity index is 611. The summed E-state index contributed by atoms with van der Waals surface area (Å²) in [5.74, 6) is 0. The van der Waals surface area contributed by atoms with Gasteiger partial charge in [0.2, 0.25) is 0 Å². The van der Waals surface area contributed by atoms with Crippen LogP contribution in [0.2, 0.25) is 0 Å². The quantitative estimate of drug-likeness (QED) is 0.580. The Kier molecular flexibility index (Phi) is 6.46. The molecule has 0 aliphatic carbocycles. The van der Waals surface area contributed by atoms with E-state index in [1.807, 2.05) is 0 Å². The van der Waals surface area contributed by atoms with Gasteiger partial charge in [0.05, 0.1) is 13.2 Å². The van der Waals surface area contributed by atoms with Crippen LogP contribution >= 0.6 is 0 Å². The van der Waals surface area contributed by atoms with Crippen molar-refractivity contribution >= 4 is 0 Å². The first-order valence-electron chi connectivity index (χ1n) is 9.43. The molecule has 0 aliphatic heterocycles. The molecule has 0 unspecified atom stereocenters. The second-order valence-corrected chi connectivity index (χ2v) is 9.01. The minimum atomic E-state index is 0.203. The zero-order valence-corrected chi connectivity index (χ0v) is 16.9. The Morgan fingerprint density at radius 2 is 1.04 bits per heavy atom. The molecule has 0 bridgehead atoms. The van der Waals surface area contributed by atoms with Crippen LogP contribution in [0.3, 0.4) is 0 Å². The Labute approximate surface area is 154 Å². The predicted octanol–water partition coefficient (Wildman–Crippen LogP) is 6.08. The minimum Gasteiger partial charge on any atom is -0.381 e. The molecule has 1 nitrogen and oxygen atoms in total. The zero-order valence-electron chi connectivity index (χ0n) is 16.9. The van der Waals surface area contributed by atoms with Gasteiger partial charge < -0.3 is 4.74 Å². The Morgan fingerprint density at radius 1 is 0.640 bits per heavy atom. The predicted molar refractivity (Wildman–Crippen MR) is 109 cm³/mol. The van der Waals surface area contributed by atoms with E-state index >= 15 is 0 Å². The number of hydrogen-bond acceptors (Lipinski definition) is 1. The van der Waals surface area contributed by atoms with E-state index in [0.717, 1.165) is 26.1 Å². The average Bonchev–Trinajstić information content (AvgIpc) is 2.53. The lowest BCUT2D eigenvalue weighted by Gasteiger charge is -2.20. The van der Waals surface area contributed by atoms with Crippen LogP contribution in [0.1, 0.15) is 63.8 Å². The molecule has 0 saturated heterocycles. The van der Waals surface area contributed by atoms with Gasteiger partial charge in [-0.3, -0.25) is 0 Å². The maximum atomic E-state index is 5.89. The topological polar surface area (TPSA) is 9.23 Å². The van der Waals surface area contributed by atoms with Gasteiger partial charge in [-0.05, 0) is 45.9 Å². The van der Waals surface area contributed by atoms with Gasteiger partial charge in [0.25, 0.3) is 0 Å². The number of ether oxygens (including phenoxy) is 1. The molecule has 2 aromatic rings. The van der Waals surface area contributed by atoms with Crippen molar-refractivity contribution in [3.63, 3.8) is 0 Å². The molecule has 136 valence electrons. The van der Waals surface area contributed by atoms with Crippen molar-refractivity contribution in [3.8, 4) is 0 Å². The fraction of sp³-hybridized carbons (Fsp3) is 0.500. The van der Waals surface area contributed by atoms with Gasteiger partial charge in [0, 0.05) is 0 Å². The van der Waals surface area contributed by atoms with Crippen molar-refractivity contribution in [1.82, 2.24) is 0 Å². The van der Waals surface area contributed by atoms with Gasteiger partial charge in [-0.25, -0.2) is 0 Å². The highest BCUT2D eigenvalue weighted by Crippen LogP contribution is 2.24. The summed E-state index contributed by atoms with van der Waals surface area (Å²) in [7, 11) is 0. The number of benzene rings is 2. The van der Waals surface area contributed by atoms with Crippen LogP contribution in [0.25, 0.3) is 0 Å². The van der Waals surface area contributed by atoms with Crippen molar-refractivity contribution in [2.24, 2.45) is 0 Å². The van der Waals surface area contributed by atoms with Gasteiger partial charge in [0.15, 0.2) is 0 Å². The van der Waals surface area contributed by atoms with Gasteiger partial charge in [-0.1, -0.05) is 90.1 Å². The van der Waals surface area contributed by atoms with E-state index in [1.165, 1.54) is 22.3 Å². The van der Waals surface area contributed by atoms with Crippen molar-refractivity contribution in [3.05, 3.63) is 70.8 Å². The summed E-state index contributed by atoms with van der Waals surface area (Å²) in [4.78, 5) is 0. The van der Waals surface area contributed by atoms with Crippen LogP contribution in [0.15, 0.2) is 48.5 Å². The maximum absolute atomic E-state index is 5.89. The average molecular weight is 339 g/mol. The molecule has 0 radical (unpaired) electrons. The second-order valence-electron chi connectivity index (χ2n) is 9.01. The summed E-state index contributed by atoms with van der Waals surface area (Å²) in [6.07, 6.45) is 1.96. The first-order chi connectivity index (χ1) is 11.7. The highest BCUT2D eigenvalue weighted by Gasteiger charge is 2.14. The van der Waals surface area contributed by atoms with E-state index in [0.29, 0.717) is 0 Å². The lowest BCUT2D eigenvalue weighted by Crippen LogP contribution is -2.12. The zero-order chi connectivity index (χ0) is 18.5. The van der Waals surface area contributed by atoms with Crippen molar-refractivity contribution < 1.29 is 4.74 Å². The molecule has 2 rings (SSSR count). The molecule has 0 amide bonds. The van der Waals surface area contributed by atoms with Crippen LogP contribution in [-0.2, 0) is 28.4 Å². The third-order valence-corrected chi connectivity index (χ3v) is 4.66. The van der Waals surface area contributed by atoms with Crippen LogP contribution in [0.4, 0.5) is 0 Å².